The molecule has 0 radical (unpaired) electrons. The first kappa shape index (κ1) is 25.5. The monoisotopic (exact) mass is 503 g/mol. The van der Waals surface area contributed by atoms with Crippen molar-refractivity contribution in [1.82, 2.24) is 20.2 Å². The SMILES string of the molecule is COc1ccnc(NCCCN2CCC(NC(=O)c3cc(Cl)cc4c3OC(C)(C)C4)C(OC)C2)n1. The van der Waals surface area contributed by atoms with Crippen molar-refractivity contribution in [3.63, 3.8) is 0 Å². The van der Waals surface area contributed by atoms with Gasteiger partial charge in [0.15, 0.2) is 0 Å². The Bertz CT molecular complexity index is 1050. The zero-order valence-electron chi connectivity index (χ0n) is 20.8. The summed E-state index contributed by atoms with van der Waals surface area (Å²) < 4.78 is 17.0. The number of methoxy groups -OCH3 is 2. The number of aromatic nitrogens is 2. The Hall–Kier alpha value is -2.62. The van der Waals surface area contributed by atoms with E-state index >= 15 is 0 Å². The lowest BCUT2D eigenvalue weighted by atomic mass is 9.99. The van der Waals surface area contributed by atoms with Crippen molar-refractivity contribution in [2.45, 2.75) is 50.9 Å². The number of anilines is 1. The maximum atomic E-state index is 13.2. The molecule has 1 aromatic carbocycles. The normalized spacial score (nSPS) is 21.2. The fourth-order valence-corrected chi connectivity index (χ4v) is 4.96. The van der Waals surface area contributed by atoms with Crippen LogP contribution < -0.4 is 20.1 Å². The van der Waals surface area contributed by atoms with Gasteiger partial charge in [0.1, 0.15) is 11.4 Å². The maximum absolute atomic E-state index is 13.2. The smallest absolute Gasteiger partial charge is 0.255 e. The molecule has 4 rings (SSSR count). The number of fused-ring (bicyclic) bond motifs is 1. The number of hydrogen-bond donors (Lipinski definition) is 2. The predicted octanol–water partition coefficient (Wildman–Crippen LogP) is 3.17. The van der Waals surface area contributed by atoms with E-state index in [1.807, 2.05) is 19.9 Å². The summed E-state index contributed by atoms with van der Waals surface area (Å²) in [6.45, 7) is 7.29. The molecule has 1 fully saturated rings. The second kappa shape index (κ2) is 11.0. The van der Waals surface area contributed by atoms with Crippen LogP contribution in [0.1, 0.15) is 42.6 Å². The van der Waals surface area contributed by atoms with Gasteiger partial charge in [0.2, 0.25) is 11.8 Å². The molecular formula is C25H34ClN5O4. The number of likely N-dealkylation sites (tertiary alicyclic amines) is 1. The van der Waals surface area contributed by atoms with Gasteiger partial charge in [-0.3, -0.25) is 4.79 Å². The number of rotatable bonds is 9. The minimum atomic E-state index is -0.351. The van der Waals surface area contributed by atoms with Crippen LogP contribution >= 0.6 is 11.6 Å². The van der Waals surface area contributed by atoms with E-state index in [9.17, 15) is 4.79 Å². The first-order chi connectivity index (χ1) is 16.8. The first-order valence-electron chi connectivity index (χ1n) is 12.0. The Morgan fingerprint density at radius 2 is 2.17 bits per heavy atom. The zero-order chi connectivity index (χ0) is 25.0. The Kier molecular flexibility index (Phi) is 7.98. The molecular weight excluding hydrogens is 470 g/mol. The van der Waals surface area contributed by atoms with Gasteiger partial charge < -0.3 is 29.7 Å². The summed E-state index contributed by atoms with van der Waals surface area (Å²) in [6, 6.07) is 5.20. The number of benzene rings is 1. The number of nitrogens with one attached hydrogen (secondary N) is 2. The molecule has 0 bridgehead atoms. The van der Waals surface area contributed by atoms with Gasteiger partial charge in [-0.05, 0) is 45.4 Å². The summed E-state index contributed by atoms with van der Waals surface area (Å²) in [7, 11) is 3.28. The largest absolute Gasteiger partial charge is 0.486 e. The third-order valence-corrected chi connectivity index (χ3v) is 6.62. The molecule has 35 heavy (non-hydrogen) atoms. The standard InChI is InChI=1S/C25H34ClN5O4/c1-25(2)14-16-12-17(26)13-18(22(16)35-25)23(32)29-19-7-11-31(15-20(19)33-3)10-5-8-27-24-28-9-6-21(30-24)34-4/h6,9,12-13,19-20H,5,7-8,10-11,14-15H2,1-4H3,(H,29,32)(H,27,28,30). The van der Waals surface area contributed by atoms with Gasteiger partial charge >= 0.3 is 0 Å². The predicted molar refractivity (Wildman–Crippen MR) is 135 cm³/mol. The Balaban J connectivity index is 1.29. The van der Waals surface area contributed by atoms with Crippen LogP contribution in [-0.2, 0) is 11.2 Å². The number of nitrogens with zero attached hydrogens (tertiary/aromatic N) is 3. The molecule has 10 heteroatoms. The number of carbonyl (C=O) groups is 1. The lowest BCUT2D eigenvalue weighted by Crippen LogP contribution is -2.55. The highest BCUT2D eigenvalue weighted by Crippen LogP contribution is 2.39. The third kappa shape index (κ3) is 6.34. The molecule has 2 unspecified atom stereocenters. The molecule has 2 aliphatic heterocycles. The van der Waals surface area contributed by atoms with Crippen molar-refractivity contribution in [2.24, 2.45) is 0 Å². The molecule has 1 amide bonds. The number of amides is 1. The second-order valence-corrected chi connectivity index (χ2v) is 10.1. The van der Waals surface area contributed by atoms with E-state index in [2.05, 4.69) is 25.5 Å². The van der Waals surface area contributed by atoms with E-state index in [0.29, 0.717) is 28.2 Å². The quantitative estimate of drug-likeness (QED) is 0.503. The second-order valence-electron chi connectivity index (χ2n) is 9.63. The van der Waals surface area contributed by atoms with E-state index < -0.39 is 0 Å². The average Bonchev–Trinajstić information content (AvgIpc) is 3.15. The molecule has 0 spiro atoms. The van der Waals surface area contributed by atoms with Gasteiger partial charge in [-0.2, -0.15) is 4.98 Å². The molecule has 2 aromatic rings. The minimum Gasteiger partial charge on any atom is -0.486 e. The number of carbonyl (C=O) groups excluding carboxylic acids is 1. The van der Waals surface area contributed by atoms with Crippen LogP contribution in [0.4, 0.5) is 5.95 Å². The topological polar surface area (TPSA) is 97.8 Å². The molecule has 9 nitrogen and oxygen atoms in total. The van der Waals surface area contributed by atoms with E-state index in [1.165, 1.54) is 0 Å². The number of hydrogen-bond acceptors (Lipinski definition) is 8. The Labute approximate surface area is 211 Å². The van der Waals surface area contributed by atoms with Crippen LogP contribution in [0, 0.1) is 0 Å². The highest BCUT2D eigenvalue weighted by molar-refractivity contribution is 6.31. The zero-order valence-corrected chi connectivity index (χ0v) is 21.5. The molecule has 2 N–H and O–H groups in total. The van der Waals surface area contributed by atoms with Crippen molar-refractivity contribution in [2.75, 3.05) is 45.7 Å². The fraction of sp³-hybridized carbons (Fsp3) is 0.560. The summed E-state index contributed by atoms with van der Waals surface area (Å²) in [5.74, 6) is 1.55. The van der Waals surface area contributed by atoms with Gasteiger partial charge in [0.25, 0.3) is 5.91 Å². The fourth-order valence-electron chi connectivity index (χ4n) is 4.72. The van der Waals surface area contributed by atoms with Crippen LogP contribution in [0.3, 0.4) is 0 Å². The Morgan fingerprint density at radius 1 is 1.34 bits per heavy atom. The first-order valence-corrected chi connectivity index (χ1v) is 12.3. The maximum Gasteiger partial charge on any atom is 0.255 e. The summed E-state index contributed by atoms with van der Waals surface area (Å²) in [5.41, 5.74) is 1.11. The van der Waals surface area contributed by atoms with E-state index in [4.69, 9.17) is 25.8 Å². The molecule has 1 saturated heterocycles. The molecule has 190 valence electrons. The summed E-state index contributed by atoms with van der Waals surface area (Å²) >= 11 is 6.31. The van der Waals surface area contributed by atoms with E-state index in [-0.39, 0.29) is 23.7 Å². The summed E-state index contributed by atoms with van der Waals surface area (Å²) in [4.78, 5) is 24.0. The summed E-state index contributed by atoms with van der Waals surface area (Å²) in [6.07, 6.45) is 4.01. The third-order valence-electron chi connectivity index (χ3n) is 6.41. The highest BCUT2D eigenvalue weighted by Gasteiger charge is 2.36. The van der Waals surface area contributed by atoms with Crippen molar-refractivity contribution < 1.29 is 19.0 Å². The number of halogens is 1. The van der Waals surface area contributed by atoms with Gasteiger partial charge in [-0.15, -0.1) is 0 Å². The highest BCUT2D eigenvalue weighted by atomic mass is 35.5. The molecule has 2 atom stereocenters. The number of ether oxygens (including phenoxy) is 3. The van der Waals surface area contributed by atoms with Crippen molar-refractivity contribution in [3.8, 4) is 11.6 Å². The lowest BCUT2D eigenvalue weighted by molar-refractivity contribution is 0.00634. The van der Waals surface area contributed by atoms with Gasteiger partial charge in [0.05, 0.1) is 24.8 Å². The minimum absolute atomic E-state index is 0.0869. The van der Waals surface area contributed by atoms with Crippen LogP contribution in [0.5, 0.6) is 11.6 Å². The molecule has 3 heterocycles. The molecule has 0 saturated carbocycles. The molecule has 2 aliphatic rings. The van der Waals surface area contributed by atoms with E-state index in [1.54, 1.807) is 32.5 Å². The molecule has 0 aliphatic carbocycles. The van der Waals surface area contributed by atoms with E-state index in [0.717, 1.165) is 51.0 Å². The average molecular weight is 504 g/mol. The van der Waals surface area contributed by atoms with Gasteiger partial charge in [-0.25, -0.2) is 4.98 Å². The van der Waals surface area contributed by atoms with Crippen molar-refractivity contribution >= 4 is 23.5 Å². The Morgan fingerprint density at radius 3 is 2.94 bits per heavy atom. The van der Waals surface area contributed by atoms with Crippen LogP contribution in [-0.4, -0.2) is 78.9 Å². The van der Waals surface area contributed by atoms with Crippen molar-refractivity contribution in [1.29, 1.82) is 0 Å². The number of piperidine rings is 1. The summed E-state index contributed by atoms with van der Waals surface area (Å²) in [5, 5.41) is 6.94. The van der Waals surface area contributed by atoms with Crippen LogP contribution in [0.15, 0.2) is 24.4 Å². The lowest BCUT2D eigenvalue weighted by Gasteiger charge is -2.38. The molecule has 1 aromatic heterocycles. The van der Waals surface area contributed by atoms with Crippen LogP contribution in [0.25, 0.3) is 0 Å². The van der Waals surface area contributed by atoms with Gasteiger partial charge in [-0.1, -0.05) is 11.6 Å². The van der Waals surface area contributed by atoms with Crippen molar-refractivity contribution in [3.05, 3.63) is 40.5 Å². The van der Waals surface area contributed by atoms with Gasteiger partial charge in [0, 0.05) is 56.0 Å². The van der Waals surface area contributed by atoms with Crippen LogP contribution in [0.2, 0.25) is 5.02 Å².